The van der Waals surface area contributed by atoms with E-state index in [9.17, 15) is 0 Å². The maximum absolute atomic E-state index is 6.61. The van der Waals surface area contributed by atoms with Crippen LogP contribution in [0.15, 0.2) is 76.9 Å². The van der Waals surface area contributed by atoms with Gasteiger partial charge in [0.25, 0.3) is 0 Å². The molecule has 5 aromatic rings. The molecule has 0 aliphatic carbocycles. The average molecular weight is 580 g/mol. The summed E-state index contributed by atoms with van der Waals surface area (Å²) in [7, 11) is 2.05. The van der Waals surface area contributed by atoms with Crippen LogP contribution in [0.4, 0.5) is 0 Å². The monoisotopic (exact) mass is 578 g/mol. The van der Waals surface area contributed by atoms with Gasteiger partial charge in [-0.1, -0.05) is 88.5 Å². The van der Waals surface area contributed by atoms with Crippen molar-refractivity contribution in [2.24, 2.45) is 7.05 Å². The summed E-state index contributed by atoms with van der Waals surface area (Å²) in [6.45, 7) is 0. The highest BCUT2D eigenvalue weighted by atomic mass is 35.5. The van der Waals surface area contributed by atoms with Gasteiger partial charge in [0.05, 0.1) is 21.5 Å². The van der Waals surface area contributed by atoms with E-state index < -0.39 is 0 Å². The lowest BCUT2D eigenvalue weighted by Crippen LogP contribution is -2.04. The number of rotatable bonds is 7. The fourth-order valence-electron chi connectivity index (χ4n) is 3.76. The highest BCUT2D eigenvalue weighted by molar-refractivity contribution is 7.99. The van der Waals surface area contributed by atoms with Crippen LogP contribution < -0.4 is 0 Å². The first-order chi connectivity index (χ1) is 16.9. The van der Waals surface area contributed by atoms with Crippen molar-refractivity contribution in [1.82, 2.24) is 19.3 Å². The van der Waals surface area contributed by atoms with E-state index in [1.54, 1.807) is 17.8 Å². The van der Waals surface area contributed by atoms with Crippen LogP contribution in [0.5, 0.6) is 0 Å². The molecule has 0 aliphatic rings. The molecule has 0 aliphatic heterocycles. The van der Waals surface area contributed by atoms with Gasteiger partial charge in [-0.15, -0.1) is 22.0 Å². The van der Waals surface area contributed by atoms with Gasteiger partial charge in [0.2, 0.25) is 0 Å². The smallest absolute Gasteiger partial charge is 0.196 e. The third kappa shape index (κ3) is 5.19. The Morgan fingerprint density at radius 3 is 2.34 bits per heavy atom. The third-order valence-electron chi connectivity index (χ3n) is 5.45. The molecule has 0 fully saturated rings. The van der Waals surface area contributed by atoms with E-state index in [2.05, 4.69) is 46.2 Å². The quantitative estimate of drug-likeness (QED) is 0.180. The van der Waals surface area contributed by atoms with Gasteiger partial charge in [-0.3, -0.25) is 4.57 Å². The van der Waals surface area contributed by atoms with Crippen molar-refractivity contribution in [2.45, 2.75) is 21.6 Å². The summed E-state index contributed by atoms with van der Waals surface area (Å²) in [6.07, 6.45) is 2.14. The second-order valence-corrected chi connectivity index (χ2v) is 11.4. The summed E-state index contributed by atoms with van der Waals surface area (Å²) < 4.78 is 4.07. The average Bonchev–Trinajstić information content (AvgIpc) is 3.38. The number of fused-ring (bicyclic) bond motifs is 1. The minimum atomic E-state index is 0.528. The molecule has 2 aromatic heterocycles. The standard InChI is InChI=1S/C25H18Cl4N4S2/c1-32-12-22(17-5-2-3-8-21(17)32)34-14-23-30-31-25(33(23)24-18(27)6-4-7-19(24)28)35-13-15-9-10-16(26)11-20(15)29/h2-12H,13-14H2,1H3. The Morgan fingerprint density at radius 2 is 1.57 bits per heavy atom. The molecule has 0 bridgehead atoms. The molecule has 0 saturated carbocycles. The topological polar surface area (TPSA) is 35.6 Å². The summed E-state index contributed by atoms with van der Waals surface area (Å²) in [5.41, 5.74) is 2.80. The van der Waals surface area contributed by atoms with E-state index >= 15 is 0 Å². The van der Waals surface area contributed by atoms with Crippen LogP contribution in [0.1, 0.15) is 11.4 Å². The number of nitrogens with zero attached hydrogens (tertiary/aromatic N) is 4. The van der Waals surface area contributed by atoms with Gasteiger partial charge >= 0.3 is 0 Å². The Bertz CT molecular complexity index is 1510. The Kier molecular flexibility index (Phi) is 7.58. The molecule has 3 aromatic carbocycles. The molecule has 0 radical (unpaired) electrons. The zero-order valence-electron chi connectivity index (χ0n) is 18.4. The fraction of sp³-hybridized carbons (Fsp3) is 0.120. The van der Waals surface area contributed by atoms with Crippen molar-refractivity contribution in [3.63, 3.8) is 0 Å². The number of hydrogen-bond acceptors (Lipinski definition) is 4. The highest BCUT2D eigenvalue weighted by Gasteiger charge is 2.20. The van der Waals surface area contributed by atoms with Crippen molar-refractivity contribution in [1.29, 1.82) is 0 Å². The van der Waals surface area contributed by atoms with E-state index in [0.29, 0.717) is 42.4 Å². The minimum Gasteiger partial charge on any atom is -0.349 e. The maximum Gasteiger partial charge on any atom is 0.196 e. The summed E-state index contributed by atoms with van der Waals surface area (Å²) in [5, 5.41) is 13.2. The highest BCUT2D eigenvalue weighted by Crippen LogP contribution is 2.37. The summed E-state index contributed by atoms with van der Waals surface area (Å²) >= 11 is 28.9. The first-order valence-electron chi connectivity index (χ1n) is 10.5. The van der Waals surface area contributed by atoms with E-state index in [1.807, 2.05) is 41.0 Å². The van der Waals surface area contributed by atoms with Gasteiger partial charge in [-0.25, -0.2) is 0 Å². The summed E-state index contributed by atoms with van der Waals surface area (Å²) in [5.74, 6) is 1.93. The molecule has 35 heavy (non-hydrogen) atoms. The Hall–Kier alpha value is -1.80. The number of hydrogen-bond donors (Lipinski definition) is 0. The van der Waals surface area contributed by atoms with Crippen LogP contribution in [0, 0.1) is 0 Å². The van der Waals surface area contributed by atoms with E-state index in [0.717, 1.165) is 11.4 Å². The molecule has 2 heterocycles. The van der Waals surface area contributed by atoms with Crippen LogP contribution in [-0.4, -0.2) is 19.3 Å². The SMILES string of the molecule is Cn1cc(SCc2nnc(SCc3ccc(Cl)cc3Cl)n2-c2c(Cl)cccc2Cl)c2ccccc21. The normalized spacial score (nSPS) is 11.5. The number of thioether (sulfide) groups is 2. The number of benzene rings is 3. The van der Waals surface area contributed by atoms with E-state index in [4.69, 9.17) is 46.4 Å². The molecule has 4 nitrogen and oxygen atoms in total. The van der Waals surface area contributed by atoms with Gasteiger partial charge < -0.3 is 4.57 Å². The first kappa shape index (κ1) is 24.9. The molecule has 0 amide bonds. The van der Waals surface area contributed by atoms with Crippen molar-refractivity contribution in [3.05, 3.63) is 98.3 Å². The molecular formula is C25H18Cl4N4S2. The van der Waals surface area contributed by atoms with Crippen LogP contribution in [0.3, 0.4) is 0 Å². The van der Waals surface area contributed by atoms with E-state index in [1.165, 1.54) is 27.6 Å². The molecule has 5 rings (SSSR count). The molecule has 0 saturated heterocycles. The predicted octanol–water partition coefficient (Wildman–Crippen LogP) is 8.96. The van der Waals surface area contributed by atoms with Gasteiger partial charge in [0.15, 0.2) is 5.16 Å². The van der Waals surface area contributed by atoms with Crippen LogP contribution in [0.25, 0.3) is 16.6 Å². The Morgan fingerprint density at radius 1 is 0.800 bits per heavy atom. The molecule has 0 spiro atoms. The van der Waals surface area contributed by atoms with E-state index in [-0.39, 0.29) is 0 Å². The zero-order chi connectivity index (χ0) is 24.5. The van der Waals surface area contributed by atoms with Crippen molar-refractivity contribution >= 4 is 80.8 Å². The second kappa shape index (κ2) is 10.7. The van der Waals surface area contributed by atoms with Crippen LogP contribution in [0.2, 0.25) is 20.1 Å². The van der Waals surface area contributed by atoms with Crippen LogP contribution >= 0.6 is 69.9 Å². The third-order valence-corrected chi connectivity index (χ3v) is 8.66. The molecule has 10 heteroatoms. The van der Waals surface area contributed by atoms with Crippen molar-refractivity contribution < 1.29 is 0 Å². The lowest BCUT2D eigenvalue weighted by molar-refractivity contribution is 0.864. The second-order valence-electron chi connectivity index (χ2n) is 7.74. The maximum atomic E-state index is 6.61. The molecule has 0 atom stereocenters. The molecular weight excluding hydrogens is 562 g/mol. The molecule has 178 valence electrons. The molecule has 0 N–H and O–H groups in total. The van der Waals surface area contributed by atoms with Gasteiger partial charge in [0.1, 0.15) is 5.82 Å². The summed E-state index contributed by atoms with van der Waals surface area (Å²) in [4.78, 5) is 1.17. The van der Waals surface area contributed by atoms with Gasteiger partial charge in [0, 0.05) is 44.8 Å². The van der Waals surface area contributed by atoms with Crippen molar-refractivity contribution in [2.75, 3.05) is 0 Å². The van der Waals surface area contributed by atoms with Crippen molar-refractivity contribution in [3.8, 4) is 5.69 Å². The molecule has 0 unspecified atom stereocenters. The number of aryl methyl sites for hydroxylation is 1. The minimum absolute atomic E-state index is 0.528. The predicted molar refractivity (Wildman–Crippen MR) is 150 cm³/mol. The number of aromatic nitrogens is 4. The zero-order valence-corrected chi connectivity index (χ0v) is 23.0. The van der Waals surface area contributed by atoms with Crippen LogP contribution in [-0.2, 0) is 18.6 Å². The Labute approximate surface area is 231 Å². The lowest BCUT2D eigenvalue weighted by atomic mass is 10.2. The van der Waals surface area contributed by atoms with Gasteiger partial charge in [-0.2, -0.15) is 0 Å². The largest absolute Gasteiger partial charge is 0.349 e. The lowest BCUT2D eigenvalue weighted by Gasteiger charge is -2.13. The fourth-order valence-corrected chi connectivity index (χ4v) is 6.87. The number of halogens is 4. The first-order valence-corrected chi connectivity index (χ1v) is 14.0. The van der Waals surface area contributed by atoms with Gasteiger partial charge in [-0.05, 0) is 35.9 Å². The Balaban J connectivity index is 1.49. The number of para-hydroxylation sites is 2. The summed E-state index contributed by atoms with van der Waals surface area (Å²) in [6, 6.07) is 19.3.